The number of rotatable bonds is 8. The fourth-order valence-electron chi connectivity index (χ4n) is 3.54. The van der Waals surface area contributed by atoms with Crippen LogP contribution >= 0.6 is 22.9 Å². The molecule has 0 amide bonds. The number of ether oxygens (including phenoxy) is 2. The van der Waals surface area contributed by atoms with E-state index in [-0.39, 0.29) is 5.56 Å². The SMILES string of the molecule is CCCOc1ccc(/C=C/c2nc3s/c(=C\c4ccc(-c5ccc(Cl)cc5)o4)c(=O)n3n2)cc1OC. The topological polar surface area (TPSA) is 78.9 Å². The Labute approximate surface area is 215 Å². The molecule has 0 aliphatic carbocycles. The van der Waals surface area contributed by atoms with Gasteiger partial charge in [0.1, 0.15) is 16.1 Å². The molecule has 3 heterocycles. The van der Waals surface area contributed by atoms with E-state index < -0.39 is 0 Å². The van der Waals surface area contributed by atoms with E-state index >= 15 is 0 Å². The van der Waals surface area contributed by atoms with Gasteiger partial charge < -0.3 is 13.9 Å². The van der Waals surface area contributed by atoms with Gasteiger partial charge in [-0.25, -0.2) is 0 Å². The number of halogens is 1. The summed E-state index contributed by atoms with van der Waals surface area (Å²) in [6.07, 6.45) is 6.24. The average molecular weight is 520 g/mol. The van der Waals surface area contributed by atoms with Crippen molar-refractivity contribution in [3.05, 3.63) is 91.7 Å². The third-order valence-electron chi connectivity index (χ3n) is 5.30. The summed E-state index contributed by atoms with van der Waals surface area (Å²) in [6.45, 7) is 2.68. The van der Waals surface area contributed by atoms with Gasteiger partial charge in [0, 0.05) is 16.7 Å². The fourth-order valence-corrected chi connectivity index (χ4v) is 4.56. The van der Waals surface area contributed by atoms with Gasteiger partial charge in [0.25, 0.3) is 5.56 Å². The molecule has 0 bridgehead atoms. The molecule has 5 aromatic rings. The number of hydrogen-bond acceptors (Lipinski definition) is 7. The van der Waals surface area contributed by atoms with Crippen molar-refractivity contribution in [2.45, 2.75) is 13.3 Å². The number of furan rings is 1. The Hall–Kier alpha value is -3.88. The monoisotopic (exact) mass is 519 g/mol. The molecular weight excluding hydrogens is 498 g/mol. The maximum atomic E-state index is 12.9. The van der Waals surface area contributed by atoms with Crippen LogP contribution in [0, 0.1) is 0 Å². The number of aromatic nitrogens is 3. The Kier molecular flexibility index (Phi) is 6.88. The molecule has 0 unspecified atom stereocenters. The number of nitrogens with zero attached hydrogens (tertiary/aromatic N) is 3. The molecule has 0 radical (unpaired) electrons. The van der Waals surface area contributed by atoms with Crippen LogP contribution < -0.4 is 19.6 Å². The van der Waals surface area contributed by atoms with Crippen molar-refractivity contribution in [2.24, 2.45) is 0 Å². The summed E-state index contributed by atoms with van der Waals surface area (Å²) in [7, 11) is 1.61. The Bertz CT molecular complexity index is 1650. The lowest BCUT2D eigenvalue weighted by Crippen LogP contribution is -2.23. The van der Waals surface area contributed by atoms with E-state index in [2.05, 4.69) is 17.0 Å². The zero-order valence-corrected chi connectivity index (χ0v) is 21.2. The largest absolute Gasteiger partial charge is 0.493 e. The van der Waals surface area contributed by atoms with Gasteiger partial charge in [-0.1, -0.05) is 42.0 Å². The van der Waals surface area contributed by atoms with Crippen LogP contribution in [0.2, 0.25) is 5.02 Å². The molecule has 182 valence electrons. The highest BCUT2D eigenvalue weighted by Gasteiger charge is 2.11. The minimum Gasteiger partial charge on any atom is -0.493 e. The Morgan fingerprint density at radius 3 is 2.67 bits per heavy atom. The second kappa shape index (κ2) is 10.4. The van der Waals surface area contributed by atoms with E-state index in [0.29, 0.717) is 50.0 Å². The Morgan fingerprint density at radius 1 is 1.08 bits per heavy atom. The summed E-state index contributed by atoms with van der Waals surface area (Å²) in [5.74, 6) is 3.07. The van der Waals surface area contributed by atoms with Crippen molar-refractivity contribution in [1.82, 2.24) is 14.6 Å². The van der Waals surface area contributed by atoms with Crippen molar-refractivity contribution < 1.29 is 13.9 Å². The van der Waals surface area contributed by atoms with Gasteiger partial charge in [0.2, 0.25) is 4.96 Å². The van der Waals surface area contributed by atoms with E-state index in [0.717, 1.165) is 17.5 Å². The maximum absolute atomic E-state index is 12.9. The van der Waals surface area contributed by atoms with Crippen molar-refractivity contribution >= 4 is 46.1 Å². The van der Waals surface area contributed by atoms with Crippen LogP contribution in [-0.2, 0) is 0 Å². The number of hydrogen-bond donors (Lipinski definition) is 0. The third kappa shape index (κ3) is 5.05. The lowest BCUT2D eigenvalue weighted by atomic mass is 10.2. The van der Waals surface area contributed by atoms with E-state index in [1.165, 1.54) is 15.9 Å². The van der Waals surface area contributed by atoms with E-state index in [1.54, 1.807) is 31.4 Å². The number of methoxy groups -OCH3 is 1. The van der Waals surface area contributed by atoms with E-state index in [9.17, 15) is 4.79 Å². The van der Waals surface area contributed by atoms with Crippen molar-refractivity contribution in [2.75, 3.05) is 13.7 Å². The van der Waals surface area contributed by atoms with Gasteiger partial charge in [0.05, 0.1) is 13.7 Å². The third-order valence-corrected chi connectivity index (χ3v) is 6.51. The van der Waals surface area contributed by atoms with Gasteiger partial charge in [0.15, 0.2) is 17.3 Å². The molecule has 0 saturated heterocycles. The molecule has 9 heteroatoms. The maximum Gasteiger partial charge on any atom is 0.291 e. The standard InChI is InChI=1S/C27H22ClN3O4S/c1-3-14-34-22-11-4-17(15-23(22)33-2)5-13-25-29-27-31(30-25)26(32)24(36-27)16-20-10-12-21(35-20)18-6-8-19(28)9-7-18/h4-13,15-16H,3,14H2,1-2H3/b13-5+,24-16-. The highest BCUT2D eigenvalue weighted by Crippen LogP contribution is 2.29. The van der Waals surface area contributed by atoms with Crippen LogP contribution in [0.1, 0.15) is 30.5 Å². The molecule has 0 saturated carbocycles. The normalized spacial score (nSPS) is 12.1. The molecule has 0 N–H and O–H groups in total. The predicted octanol–water partition coefficient (Wildman–Crippen LogP) is 5.58. The summed E-state index contributed by atoms with van der Waals surface area (Å²) in [6, 6.07) is 16.7. The summed E-state index contributed by atoms with van der Waals surface area (Å²) in [4.78, 5) is 17.9. The minimum absolute atomic E-state index is 0.245. The van der Waals surface area contributed by atoms with Crippen molar-refractivity contribution in [3.63, 3.8) is 0 Å². The molecule has 0 spiro atoms. The summed E-state index contributed by atoms with van der Waals surface area (Å²) < 4.78 is 18.8. The van der Waals surface area contributed by atoms with Crippen molar-refractivity contribution in [3.8, 4) is 22.8 Å². The van der Waals surface area contributed by atoms with Gasteiger partial charge in [-0.2, -0.15) is 9.50 Å². The number of fused-ring (bicyclic) bond motifs is 1. The Balaban J connectivity index is 1.36. The number of thiazole rings is 1. The molecule has 0 aliphatic heterocycles. The number of benzene rings is 2. The first kappa shape index (κ1) is 23.8. The molecule has 3 aromatic heterocycles. The molecule has 0 atom stereocenters. The lowest BCUT2D eigenvalue weighted by molar-refractivity contribution is 0.294. The molecule has 36 heavy (non-hydrogen) atoms. The van der Waals surface area contributed by atoms with Gasteiger partial charge >= 0.3 is 0 Å². The van der Waals surface area contributed by atoms with Gasteiger partial charge in [-0.05, 0) is 66.6 Å². The molecular formula is C27H22ClN3O4S. The van der Waals surface area contributed by atoms with Crippen LogP contribution in [0.15, 0.2) is 63.8 Å². The first-order chi connectivity index (χ1) is 17.5. The van der Waals surface area contributed by atoms with Crippen LogP contribution in [0.4, 0.5) is 0 Å². The zero-order chi connectivity index (χ0) is 25.1. The van der Waals surface area contributed by atoms with Gasteiger partial charge in [-0.3, -0.25) is 4.79 Å². The molecule has 0 fully saturated rings. The van der Waals surface area contributed by atoms with Gasteiger partial charge in [-0.15, -0.1) is 5.10 Å². The smallest absolute Gasteiger partial charge is 0.291 e. The molecule has 2 aromatic carbocycles. The zero-order valence-electron chi connectivity index (χ0n) is 19.6. The minimum atomic E-state index is -0.245. The first-order valence-electron chi connectivity index (χ1n) is 11.3. The summed E-state index contributed by atoms with van der Waals surface area (Å²) in [5.41, 5.74) is 1.56. The molecule has 7 nitrogen and oxygen atoms in total. The molecule has 0 aliphatic rings. The Morgan fingerprint density at radius 2 is 1.92 bits per heavy atom. The van der Waals surface area contributed by atoms with E-state index in [1.807, 2.05) is 48.5 Å². The summed E-state index contributed by atoms with van der Waals surface area (Å²) >= 11 is 7.21. The highest BCUT2D eigenvalue weighted by atomic mass is 35.5. The highest BCUT2D eigenvalue weighted by molar-refractivity contribution is 7.15. The van der Waals surface area contributed by atoms with Crippen molar-refractivity contribution in [1.29, 1.82) is 0 Å². The quantitative estimate of drug-likeness (QED) is 0.266. The second-order valence-electron chi connectivity index (χ2n) is 7.88. The average Bonchev–Trinajstić information content (AvgIpc) is 3.59. The summed E-state index contributed by atoms with van der Waals surface area (Å²) in [5, 5.41) is 5.01. The fraction of sp³-hybridized carbons (Fsp3) is 0.148. The van der Waals surface area contributed by atoms with Crippen LogP contribution in [-0.4, -0.2) is 28.3 Å². The molecule has 5 rings (SSSR count). The van der Waals surface area contributed by atoms with Crippen LogP contribution in [0.5, 0.6) is 11.5 Å². The first-order valence-corrected chi connectivity index (χ1v) is 12.5. The van der Waals surface area contributed by atoms with Crippen LogP contribution in [0.25, 0.3) is 34.5 Å². The second-order valence-corrected chi connectivity index (χ2v) is 9.33. The lowest BCUT2D eigenvalue weighted by Gasteiger charge is -2.10. The van der Waals surface area contributed by atoms with E-state index in [4.69, 9.17) is 25.5 Å². The van der Waals surface area contributed by atoms with Crippen LogP contribution in [0.3, 0.4) is 0 Å². The predicted molar refractivity (Wildman–Crippen MR) is 143 cm³/mol.